The molecule has 2 aromatic carbocycles. The summed E-state index contributed by atoms with van der Waals surface area (Å²) in [6.07, 6.45) is 1.41. The first-order valence-corrected chi connectivity index (χ1v) is 10.0. The normalized spacial score (nSPS) is 15.4. The Bertz CT molecular complexity index is 1090. The van der Waals surface area contributed by atoms with Crippen LogP contribution < -0.4 is 14.8 Å². The molecule has 1 aliphatic rings. The van der Waals surface area contributed by atoms with Gasteiger partial charge in [0.25, 0.3) is 11.8 Å². The molecule has 0 aliphatic carbocycles. The molecule has 0 atom stereocenters. The van der Waals surface area contributed by atoms with E-state index in [1.165, 1.54) is 25.1 Å². The van der Waals surface area contributed by atoms with Crippen LogP contribution in [0.2, 0.25) is 15.1 Å². The van der Waals surface area contributed by atoms with E-state index >= 15 is 0 Å². The van der Waals surface area contributed by atoms with Crippen molar-refractivity contribution in [2.45, 2.75) is 6.61 Å². The molecule has 10 heteroatoms. The molecular weight excluding hydrogens is 471 g/mol. The van der Waals surface area contributed by atoms with Gasteiger partial charge < -0.3 is 9.47 Å². The van der Waals surface area contributed by atoms with Crippen molar-refractivity contribution in [1.29, 1.82) is 0 Å². The number of ether oxygens (including phenoxy) is 2. The Balaban J connectivity index is 1.88. The number of hydrogen-bond donors (Lipinski definition) is 1. The first kappa shape index (κ1) is 22.4. The standard InChI is InChI=1S/C20H15Cl3N2O4S/c1-25-19(27)12(18(26)24-20(25)30)5-11-7-15(23)17(16(8-11)28-2)29-9-10-3-4-13(21)14(22)6-10/h3-8H,9H2,1-2H3,(H,24,26,30)/b12-5+. The molecule has 1 fully saturated rings. The lowest BCUT2D eigenvalue weighted by molar-refractivity contribution is -0.128. The molecule has 0 radical (unpaired) electrons. The molecule has 1 N–H and O–H groups in total. The van der Waals surface area contributed by atoms with E-state index in [9.17, 15) is 9.59 Å². The lowest BCUT2D eigenvalue weighted by atomic mass is 10.1. The molecule has 30 heavy (non-hydrogen) atoms. The van der Waals surface area contributed by atoms with Gasteiger partial charge in [-0.3, -0.25) is 19.8 Å². The van der Waals surface area contributed by atoms with Crippen molar-refractivity contribution in [3.8, 4) is 11.5 Å². The molecule has 3 rings (SSSR count). The summed E-state index contributed by atoms with van der Waals surface area (Å²) in [6.45, 7) is 0.177. The number of methoxy groups -OCH3 is 1. The van der Waals surface area contributed by atoms with Gasteiger partial charge in [-0.15, -0.1) is 0 Å². The smallest absolute Gasteiger partial charge is 0.265 e. The monoisotopic (exact) mass is 484 g/mol. The second-order valence-corrected chi connectivity index (χ2v) is 7.86. The van der Waals surface area contributed by atoms with Crippen LogP contribution in [0.25, 0.3) is 6.08 Å². The van der Waals surface area contributed by atoms with Crippen molar-refractivity contribution in [2.24, 2.45) is 0 Å². The van der Waals surface area contributed by atoms with Crippen molar-refractivity contribution in [3.63, 3.8) is 0 Å². The zero-order valence-corrected chi connectivity index (χ0v) is 18.9. The maximum absolute atomic E-state index is 12.4. The van der Waals surface area contributed by atoms with E-state index < -0.39 is 11.8 Å². The number of thiocarbonyl (C=S) groups is 1. The summed E-state index contributed by atoms with van der Waals surface area (Å²) in [7, 11) is 2.94. The summed E-state index contributed by atoms with van der Waals surface area (Å²) < 4.78 is 11.2. The molecule has 156 valence electrons. The Hall–Kier alpha value is -2.32. The molecule has 0 aromatic heterocycles. The molecule has 0 saturated carbocycles. The summed E-state index contributed by atoms with van der Waals surface area (Å²) in [5.74, 6) is -0.455. The highest BCUT2D eigenvalue weighted by atomic mass is 35.5. The predicted molar refractivity (Wildman–Crippen MR) is 120 cm³/mol. The minimum Gasteiger partial charge on any atom is -0.493 e. The first-order valence-electron chi connectivity index (χ1n) is 8.50. The molecule has 0 spiro atoms. The Morgan fingerprint density at radius 3 is 2.50 bits per heavy atom. The number of amides is 2. The third kappa shape index (κ3) is 4.70. The summed E-state index contributed by atoms with van der Waals surface area (Å²) in [6, 6.07) is 8.32. The van der Waals surface area contributed by atoms with Crippen molar-refractivity contribution < 1.29 is 19.1 Å². The van der Waals surface area contributed by atoms with Gasteiger partial charge in [0.2, 0.25) is 0 Å². The number of nitrogens with one attached hydrogen (secondary N) is 1. The first-order chi connectivity index (χ1) is 14.2. The predicted octanol–water partition coefficient (Wildman–Crippen LogP) is 4.49. The van der Waals surface area contributed by atoms with Gasteiger partial charge in [0, 0.05) is 7.05 Å². The lowest BCUT2D eigenvalue weighted by Crippen LogP contribution is -2.52. The zero-order valence-electron chi connectivity index (χ0n) is 15.8. The van der Waals surface area contributed by atoms with E-state index in [0.717, 1.165) is 5.56 Å². The minimum absolute atomic E-state index is 0.0452. The van der Waals surface area contributed by atoms with Crippen LogP contribution in [0.15, 0.2) is 35.9 Å². The van der Waals surface area contributed by atoms with E-state index in [1.807, 2.05) is 0 Å². The second-order valence-electron chi connectivity index (χ2n) is 6.25. The number of benzene rings is 2. The van der Waals surface area contributed by atoms with Crippen molar-refractivity contribution >= 4 is 70.0 Å². The average Bonchev–Trinajstić information content (AvgIpc) is 2.71. The average molecular weight is 486 g/mol. The van der Waals surface area contributed by atoms with Crippen LogP contribution in [-0.4, -0.2) is 36.0 Å². The largest absolute Gasteiger partial charge is 0.493 e. The quantitative estimate of drug-likeness (QED) is 0.384. The van der Waals surface area contributed by atoms with Crippen LogP contribution in [0.3, 0.4) is 0 Å². The number of carbonyl (C=O) groups is 2. The molecule has 1 aliphatic heterocycles. The third-order valence-corrected chi connectivity index (χ3v) is 5.63. The SMILES string of the molecule is COc1cc(/C=C2\C(=O)NC(=S)N(C)C2=O)cc(Cl)c1OCc1ccc(Cl)c(Cl)c1. The maximum Gasteiger partial charge on any atom is 0.265 e. The number of carbonyl (C=O) groups excluding carboxylic acids is 2. The van der Waals surface area contributed by atoms with Gasteiger partial charge in [-0.05, 0) is 53.7 Å². The van der Waals surface area contributed by atoms with Crippen LogP contribution in [-0.2, 0) is 16.2 Å². The molecule has 0 bridgehead atoms. The van der Waals surface area contributed by atoms with E-state index in [0.29, 0.717) is 27.1 Å². The van der Waals surface area contributed by atoms with Gasteiger partial charge in [0.15, 0.2) is 16.6 Å². The fourth-order valence-electron chi connectivity index (χ4n) is 2.66. The van der Waals surface area contributed by atoms with Gasteiger partial charge >= 0.3 is 0 Å². The molecular formula is C20H15Cl3N2O4S. The van der Waals surface area contributed by atoms with Gasteiger partial charge in [-0.1, -0.05) is 40.9 Å². The highest BCUT2D eigenvalue weighted by Crippen LogP contribution is 2.38. The molecule has 1 heterocycles. The van der Waals surface area contributed by atoms with Crippen LogP contribution in [0.1, 0.15) is 11.1 Å². The van der Waals surface area contributed by atoms with Gasteiger partial charge in [-0.2, -0.15) is 0 Å². The Morgan fingerprint density at radius 1 is 1.10 bits per heavy atom. The number of hydrogen-bond acceptors (Lipinski definition) is 5. The number of rotatable bonds is 5. The van der Waals surface area contributed by atoms with E-state index in [-0.39, 0.29) is 22.3 Å². The molecule has 0 unspecified atom stereocenters. The van der Waals surface area contributed by atoms with Gasteiger partial charge in [-0.25, -0.2) is 0 Å². The number of halogens is 3. The number of likely N-dealkylation sites (N-methyl/N-ethyl adjacent to an activating group) is 1. The van der Waals surface area contributed by atoms with Crippen LogP contribution in [0.5, 0.6) is 11.5 Å². The maximum atomic E-state index is 12.4. The summed E-state index contributed by atoms with van der Waals surface area (Å²) >= 11 is 23.3. The Kier molecular flexibility index (Phi) is 6.88. The third-order valence-electron chi connectivity index (χ3n) is 4.23. The van der Waals surface area contributed by atoms with E-state index in [4.69, 9.17) is 56.5 Å². The van der Waals surface area contributed by atoms with E-state index in [1.54, 1.807) is 30.3 Å². The van der Waals surface area contributed by atoms with Crippen molar-refractivity contribution in [1.82, 2.24) is 10.2 Å². The number of nitrogens with zero attached hydrogens (tertiary/aromatic N) is 1. The fourth-order valence-corrected chi connectivity index (χ4v) is 3.43. The van der Waals surface area contributed by atoms with Crippen molar-refractivity contribution in [2.75, 3.05) is 14.2 Å². The summed E-state index contributed by atoms with van der Waals surface area (Å²) in [4.78, 5) is 25.7. The van der Waals surface area contributed by atoms with Gasteiger partial charge in [0.1, 0.15) is 12.2 Å². The summed E-state index contributed by atoms with van der Waals surface area (Å²) in [5, 5.41) is 3.60. The second kappa shape index (κ2) is 9.22. The topological polar surface area (TPSA) is 67.9 Å². The molecule has 6 nitrogen and oxygen atoms in total. The minimum atomic E-state index is -0.585. The fraction of sp³-hybridized carbons (Fsp3) is 0.150. The molecule has 2 aromatic rings. The van der Waals surface area contributed by atoms with Crippen LogP contribution in [0, 0.1) is 0 Å². The zero-order chi connectivity index (χ0) is 22.0. The van der Waals surface area contributed by atoms with Crippen molar-refractivity contribution in [3.05, 3.63) is 62.1 Å². The highest BCUT2D eigenvalue weighted by molar-refractivity contribution is 7.80. The lowest BCUT2D eigenvalue weighted by Gasteiger charge is -2.25. The van der Waals surface area contributed by atoms with Crippen LogP contribution >= 0.6 is 47.0 Å². The van der Waals surface area contributed by atoms with Gasteiger partial charge in [0.05, 0.1) is 22.2 Å². The summed E-state index contributed by atoms with van der Waals surface area (Å²) in [5.41, 5.74) is 1.20. The highest BCUT2D eigenvalue weighted by Gasteiger charge is 2.30. The molecule has 1 saturated heterocycles. The van der Waals surface area contributed by atoms with Crippen LogP contribution in [0.4, 0.5) is 0 Å². The molecule has 2 amide bonds. The Labute approximate surface area is 193 Å². The Morgan fingerprint density at radius 2 is 1.83 bits per heavy atom. The van der Waals surface area contributed by atoms with E-state index in [2.05, 4.69) is 5.32 Å².